The van der Waals surface area contributed by atoms with Gasteiger partial charge in [0.25, 0.3) is 5.91 Å². The predicted molar refractivity (Wildman–Crippen MR) is 104 cm³/mol. The monoisotopic (exact) mass is 376 g/mol. The molecule has 7 heteroatoms. The molecule has 4 rings (SSSR count). The van der Waals surface area contributed by atoms with Crippen molar-refractivity contribution in [2.24, 2.45) is 0 Å². The Balaban J connectivity index is 1.53. The number of aromatic nitrogens is 1. The van der Waals surface area contributed by atoms with E-state index in [4.69, 9.17) is 5.21 Å². The molecule has 0 spiro atoms. The third-order valence-corrected chi connectivity index (χ3v) is 4.75. The minimum Gasteiger partial charge on any atom is -0.325 e. The summed E-state index contributed by atoms with van der Waals surface area (Å²) < 4.78 is 2.03. The number of fused-ring (bicyclic) bond motifs is 1. The lowest BCUT2D eigenvalue weighted by atomic mass is 10.1. The largest absolute Gasteiger partial charge is 0.325 e. The van der Waals surface area contributed by atoms with Gasteiger partial charge in [0.2, 0.25) is 5.91 Å². The Morgan fingerprint density at radius 3 is 2.54 bits per heavy atom. The predicted octanol–water partition coefficient (Wildman–Crippen LogP) is 2.55. The zero-order chi connectivity index (χ0) is 19.5. The minimum absolute atomic E-state index is 0.0953. The molecule has 3 aromatic rings. The van der Waals surface area contributed by atoms with Crippen molar-refractivity contribution in [1.29, 1.82) is 0 Å². The van der Waals surface area contributed by atoms with Crippen molar-refractivity contribution in [3.8, 4) is 5.69 Å². The summed E-state index contributed by atoms with van der Waals surface area (Å²) >= 11 is 0. The van der Waals surface area contributed by atoms with Crippen LogP contribution in [0, 0.1) is 0 Å². The highest BCUT2D eigenvalue weighted by Gasteiger charge is 2.20. The van der Waals surface area contributed by atoms with E-state index in [0.717, 1.165) is 16.8 Å². The van der Waals surface area contributed by atoms with Gasteiger partial charge >= 0.3 is 0 Å². The number of hydroxylamine groups is 1. The molecule has 0 saturated carbocycles. The van der Waals surface area contributed by atoms with Crippen LogP contribution in [0.1, 0.15) is 21.5 Å². The van der Waals surface area contributed by atoms with Crippen LogP contribution < -0.4 is 10.8 Å². The van der Waals surface area contributed by atoms with Crippen LogP contribution in [0.5, 0.6) is 0 Å². The number of carbonyl (C=O) groups excluding carboxylic acids is 2. The van der Waals surface area contributed by atoms with Gasteiger partial charge in [0.05, 0.1) is 6.54 Å². The number of hydrogen-bond donors (Lipinski definition) is 3. The number of hydrogen-bond acceptors (Lipinski definition) is 4. The quantitative estimate of drug-likeness (QED) is 0.482. The lowest BCUT2D eigenvalue weighted by Gasteiger charge is -2.19. The van der Waals surface area contributed by atoms with Gasteiger partial charge in [-0.05, 0) is 53.6 Å². The van der Waals surface area contributed by atoms with Crippen LogP contribution in [0.2, 0.25) is 0 Å². The summed E-state index contributed by atoms with van der Waals surface area (Å²) in [6.07, 6.45) is 3.98. The van der Waals surface area contributed by atoms with Gasteiger partial charge < -0.3 is 9.88 Å². The fourth-order valence-electron chi connectivity index (χ4n) is 3.39. The third kappa shape index (κ3) is 3.80. The summed E-state index contributed by atoms with van der Waals surface area (Å²) in [5.74, 6) is -0.674. The van der Waals surface area contributed by atoms with E-state index >= 15 is 0 Å². The van der Waals surface area contributed by atoms with Crippen LogP contribution in [0.4, 0.5) is 5.69 Å². The summed E-state index contributed by atoms with van der Waals surface area (Å²) in [5, 5.41) is 11.7. The Kier molecular flexibility index (Phi) is 4.92. The van der Waals surface area contributed by atoms with E-state index in [1.165, 1.54) is 0 Å². The van der Waals surface area contributed by atoms with Gasteiger partial charge in [-0.2, -0.15) is 0 Å². The first-order valence-electron chi connectivity index (χ1n) is 8.94. The molecule has 7 nitrogen and oxygen atoms in total. The van der Waals surface area contributed by atoms with Crippen molar-refractivity contribution >= 4 is 17.5 Å². The highest BCUT2D eigenvalue weighted by atomic mass is 16.5. The van der Waals surface area contributed by atoms with E-state index in [1.807, 2.05) is 46.1 Å². The molecule has 1 aliphatic heterocycles. The Bertz CT molecular complexity index is 997. The molecular weight excluding hydrogens is 356 g/mol. The van der Waals surface area contributed by atoms with Crippen LogP contribution in [0.15, 0.2) is 67.0 Å². The van der Waals surface area contributed by atoms with Crippen LogP contribution >= 0.6 is 0 Å². The second-order valence-electron chi connectivity index (χ2n) is 6.76. The molecular formula is C21H20N4O3. The van der Waals surface area contributed by atoms with Gasteiger partial charge in [0.15, 0.2) is 0 Å². The molecule has 0 fully saturated rings. The second kappa shape index (κ2) is 7.67. The number of nitrogens with zero attached hydrogens (tertiary/aromatic N) is 2. The number of benzene rings is 2. The maximum Gasteiger partial charge on any atom is 0.274 e. The molecule has 28 heavy (non-hydrogen) atoms. The average molecular weight is 376 g/mol. The van der Waals surface area contributed by atoms with Crippen LogP contribution in [0.3, 0.4) is 0 Å². The van der Waals surface area contributed by atoms with Crippen molar-refractivity contribution in [1.82, 2.24) is 14.9 Å². The van der Waals surface area contributed by atoms with Crippen LogP contribution in [0.25, 0.3) is 5.69 Å². The molecule has 0 bridgehead atoms. The van der Waals surface area contributed by atoms with E-state index in [1.54, 1.807) is 23.7 Å². The van der Waals surface area contributed by atoms with Crippen molar-refractivity contribution in [2.45, 2.75) is 13.1 Å². The number of anilines is 1. The number of nitrogens with one attached hydrogen (secondary N) is 2. The fourth-order valence-corrected chi connectivity index (χ4v) is 3.39. The summed E-state index contributed by atoms with van der Waals surface area (Å²) in [7, 11) is 0. The zero-order valence-electron chi connectivity index (χ0n) is 15.1. The van der Waals surface area contributed by atoms with Gasteiger partial charge in [-0.3, -0.25) is 19.7 Å². The molecule has 1 aliphatic rings. The first-order valence-corrected chi connectivity index (χ1v) is 8.94. The average Bonchev–Trinajstić information content (AvgIpc) is 3.18. The maximum absolute atomic E-state index is 12.3. The molecule has 1 aromatic heterocycles. The van der Waals surface area contributed by atoms with E-state index in [9.17, 15) is 9.59 Å². The number of rotatable bonds is 4. The standard InChI is InChI=1S/C21H20N4O3/c26-20-14-24(12-15-3-6-18(7-4-15)25-9-1-2-10-25)13-17-11-16(21(27)23-28)5-8-19(17)22-20/h1-11,28H,12-14H2,(H,22,26)(H,23,27). The topological polar surface area (TPSA) is 86.6 Å². The lowest BCUT2D eigenvalue weighted by molar-refractivity contribution is -0.117. The Labute approximate surface area is 162 Å². The first-order chi connectivity index (χ1) is 13.6. The number of carbonyl (C=O) groups is 2. The highest BCUT2D eigenvalue weighted by molar-refractivity contribution is 5.97. The van der Waals surface area contributed by atoms with Gasteiger partial charge in [0, 0.05) is 42.4 Å². The molecule has 0 saturated heterocycles. The molecule has 3 N–H and O–H groups in total. The van der Waals surface area contributed by atoms with Gasteiger partial charge in [-0.1, -0.05) is 12.1 Å². The summed E-state index contributed by atoms with van der Waals surface area (Å²) in [6, 6.07) is 17.1. The Morgan fingerprint density at radius 1 is 1.07 bits per heavy atom. The Morgan fingerprint density at radius 2 is 1.82 bits per heavy atom. The molecule has 0 unspecified atom stereocenters. The maximum atomic E-state index is 12.3. The zero-order valence-corrected chi connectivity index (χ0v) is 15.1. The Hall–Kier alpha value is -3.42. The summed E-state index contributed by atoms with van der Waals surface area (Å²) in [4.78, 5) is 26.0. The molecule has 0 atom stereocenters. The molecule has 2 aromatic carbocycles. The van der Waals surface area contributed by atoms with E-state index < -0.39 is 5.91 Å². The smallest absolute Gasteiger partial charge is 0.274 e. The number of amides is 2. The molecule has 0 aliphatic carbocycles. The molecule has 2 heterocycles. The van der Waals surface area contributed by atoms with Crippen molar-refractivity contribution in [3.05, 3.63) is 83.7 Å². The summed E-state index contributed by atoms with van der Waals surface area (Å²) in [6.45, 7) is 1.38. The van der Waals surface area contributed by atoms with Crippen LogP contribution in [-0.4, -0.2) is 33.0 Å². The molecule has 142 valence electrons. The highest BCUT2D eigenvalue weighted by Crippen LogP contribution is 2.23. The molecule has 0 radical (unpaired) electrons. The van der Waals surface area contributed by atoms with Crippen molar-refractivity contribution < 1.29 is 14.8 Å². The van der Waals surface area contributed by atoms with Crippen molar-refractivity contribution in [3.63, 3.8) is 0 Å². The van der Waals surface area contributed by atoms with E-state index in [2.05, 4.69) is 17.4 Å². The van der Waals surface area contributed by atoms with Crippen LogP contribution in [-0.2, 0) is 17.9 Å². The SMILES string of the molecule is O=C1CN(Cc2ccc(-n3cccc3)cc2)Cc2cc(C(=O)NO)ccc2N1. The summed E-state index contributed by atoms with van der Waals surface area (Å²) in [5.41, 5.74) is 5.66. The van der Waals surface area contributed by atoms with Gasteiger partial charge in [-0.25, -0.2) is 5.48 Å². The second-order valence-corrected chi connectivity index (χ2v) is 6.76. The lowest BCUT2D eigenvalue weighted by Crippen LogP contribution is -2.29. The normalized spacial score (nSPS) is 14.1. The fraction of sp³-hybridized carbons (Fsp3) is 0.143. The van der Waals surface area contributed by atoms with E-state index in [-0.39, 0.29) is 12.5 Å². The third-order valence-electron chi connectivity index (χ3n) is 4.75. The van der Waals surface area contributed by atoms with Gasteiger partial charge in [0.1, 0.15) is 0 Å². The van der Waals surface area contributed by atoms with Crippen molar-refractivity contribution in [2.75, 3.05) is 11.9 Å². The molecule has 2 amide bonds. The van der Waals surface area contributed by atoms with Gasteiger partial charge in [-0.15, -0.1) is 0 Å². The first kappa shape index (κ1) is 18.0. The van der Waals surface area contributed by atoms with E-state index in [0.29, 0.717) is 24.3 Å². The minimum atomic E-state index is -0.578.